The van der Waals surface area contributed by atoms with Gasteiger partial charge in [0.05, 0.1) is 13.1 Å². The van der Waals surface area contributed by atoms with Crippen LogP contribution in [0.25, 0.3) is 0 Å². The number of carbonyl (C=O) groups is 2. The molecular formula is C9H16F3N2O3+. The fourth-order valence-electron chi connectivity index (χ4n) is 1.35. The van der Waals surface area contributed by atoms with Crippen LogP contribution >= 0.6 is 0 Å². The number of alkyl halides is 3. The van der Waals surface area contributed by atoms with Crippen molar-refractivity contribution < 1.29 is 32.3 Å². The molecule has 0 unspecified atom stereocenters. The Labute approximate surface area is 96.8 Å². The number of quaternary nitrogens is 1. The number of amides is 1. The van der Waals surface area contributed by atoms with Crippen molar-refractivity contribution in [1.82, 2.24) is 5.32 Å². The van der Waals surface area contributed by atoms with Crippen molar-refractivity contribution in [2.45, 2.75) is 20.0 Å². The first-order valence-corrected chi connectivity index (χ1v) is 5.09. The highest BCUT2D eigenvalue weighted by Gasteiger charge is 2.40. The first-order valence-electron chi connectivity index (χ1n) is 5.09. The lowest BCUT2D eigenvalue weighted by molar-refractivity contribution is -0.919. The number of carboxylic acids is 1. The van der Waals surface area contributed by atoms with Crippen LogP contribution in [-0.4, -0.2) is 53.9 Å². The molecule has 8 heteroatoms. The van der Waals surface area contributed by atoms with E-state index in [-0.39, 0.29) is 17.7 Å². The molecule has 0 aromatic rings. The quantitative estimate of drug-likeness (QED) is 0.540. The lowest BCUT2D eigenvalue weighted by atomic mass is 10.3. The van der Waals surface area contributed by atoms with Gasteiger partial charge < -0.3 is 10.4 Å². The number of rotatable bonds is 6. The van der Waals surface area contributed by atoms with Gasteiger partial charge in [-0.1, -0.05) is 0 Å². The summed E-state index contributed by atoms with van der Waals surface area (Å²) in [5.74, 6) is -3.16. The number of carbonyl (C=O) groups excluding carboxylic acids is 1. The molecule has 0 heterocycles. The van der Waals surface area contributed by atoms with Gasteiger partial charge in [-0.25, -0.2) is 4.79 Å². The van der Waals surface area contributed by atoms with Crippen LogP contribution in [0, 0.1) is 0 Å². The molecule has 0 saturated carbocycles. The average molecular weight is 257 g/mol. The molecule has 0 bridgehead atoms. The lowest BCUT2D eigenvalue weighted by Crippen LogP contribution is -2.57. The van der Waals surface area contributed by atoms with E-state index in [4.69, 9.17) is 5.11 Å². The summed E-state index contributed by atoms with van der Waals surface area (Å²) in [6, 6.07) is 0. The van der Waals surface area contributed by atoms with E-state index >= 15 is 0 Å². The van der Waals surface area contributed by atoms with Crippen molar-refractivity contribution in [3.63, 3.8) is 0 Å². The Kier molecular flexibility index (Phi) is 5.40. The molecule has 2 N–H and O–H groups in total. The van der Waals surface area contributed by atoms with E-state index < -0.39 is 18.1 Å². The summed E-state index contributed by atoms with van der Waals surface area (Å²) in [5, 5.41) is 10.4. The van der Waals surface area contributed by atoms with Crippen LogP contribution in [0.5, 0.6) is 0 Å². The Morgan fingerprint density at radius 1 is 1.24 bits per heavy atom. The summed E-state index contributed by atoms with van der Waals surface area (Å²) in [4.78, 5) is 21.3. The number of hydrogen-bond acceptors (Lipinski definition) is 2. The topological polar surface area (TPSA) is 66.4 Å². The molecule has 0 aromatic carbocycles. The van der Waals surface area contributed by atoms with E-state index in [9.17, 15) is 22.8 Å². The molecule has 0 saturated heterocycles. The third kappa shape index (κ3) is 5.03. The molecule has 0 fully saturated rings. The third-order valence-electron chi connectivity index (χ3n) is 2.64. The van der Waals surface area contributed by atoms with Crippen LogP contribution in [0.2, 0.25) is 0 Å². The fraction of sp³-hybridized carbons (Fsp3) is 0.778. The van der Waals surface area contributed by atoms with Gasteiger partial charge in [-0.05, 0) is 13.8 Å². The minimum atomic E-state index is -4.94. The molecule has 100 valence electrons. The number of likely N-dealkylation sites (N-methyl/N-ethyl adjacent to an activating group) is 1. The first kappa shape index (κ1) is 15.7. The number of carboxylic acid groups (broad SMARTS) is 1. The second-order valence-electron chi connectivity index (χ2n) is 3.69. The van der Waals surface area contributed by atoms with Gasteiger partial charge in [0, 0.05) is 0 Å². The molecule has 0 rings (SSSR count). The van der Waals surface area contributed by atoms with Crippen LogP contribution in [0.4, 0.5) is 13.2 Å². The molecule has 0 aliphatic heterocycles. The van der Waals surface area contributed by atoms with Gasteiger partial charge in [0.15, 0.2) is 13.2 Å². The van der Waals surface area contributed by atoms with Crippen molar-refractivity contribution in [2.24, 2.45) is 0 Å². The Morgan fingerprint density at radius 2 is 1.71 bits per heavy atom. The summed E-state index contributed by atoms with van der Waals surface area (Å²) in [7, 11) is 0. The summed E-state index contributed by atoms with van der Waals surface area (Å²) < 4.78 is 35.8. The Bertz CT molecular complexity index is 288. The number of nitrogens with zero attached hydrogens (tertiary/aromatic N) is 1. The van der Waals surface area contributed by atoms with Crippen LogP contribution in [0.15, 0.2) is 0 Å². The zero-order chi connectivity index (χ0) is 13.7. The van der Waals surface area contributed by atoms with Crippen LogP contribution < -0.4 is 5.32 Å². The molecule has 17 heavy (non-hydrogen) atoms. The normalized spacial score (nSPS) is 12.3. The van der Waals surface area contributed by atoms with E-state index in [0.717, 1.165) is 0 Å². The highest BCUT2D eigenvalue weighted by Crippen LogP contribution is 2.14. The van der Waals surface area contributed by atoms with E-state index in [1.54, 1.807) is 19.2 Å². The van der Waals surface area contributed by atoms with Crippen LogP contribution in [0.1, 0.15) is 13.8 Å². The minimum absolute atomic E-state index is 0.128. The molecule has 0 aromatic heterocycles. The third-order valence-corrected chi connectivity index (χ3v) is 2.64. The number of nitrogens with one attached hydrogen (secondary N) is 1. The van der Waals surface area contributed by atoms with Crippen molar-refractivity contribution in [3.05, 3.63) is 0 Å². The second kappa shape index (κ2) is 5.85. The molecule has 1 amide bonds. The molecule has 0 aliphatic rings. The summed E-state index contributed by atoms with van der Waals surface area (Å²) in [6.07, 6.45) is -4.94. The van der Waals surface area contributed by atoms with Crippen molar-refractivity contribution in [2.75, 3.05) is 26.3 Å². The summed E-state index contributed by atoms with van der Waals surface area (Å²) in [5.41, 5.74) is 0. The zero-order valence-electron chi connectivity index (χ0n) is 9.67. The van der Waals surface area contributed by atoms with Crippen LogP contribution in [-0.2, 0) is 9.59 Å². The smallest absolute Gasteiger partial charge is 0.471 e. The predicted molar refractivity (Wildman–Crippen MR) is 52.9 cm³/mol. The van der Waals surface area contributed by atoms with E-state index in [1.165, 1.54) is 0 Å². The Balaban J connectivity index is 4.57. The van der Waals surface area contributed by atoms with Crippen LogP contribution in [0.3, 0.4) is 0 Å². The molecule has 0 radical (unpaired) electrons. The first-order chi connectivity index (χ1) is 7.67. The van der Waals surface area contributed by atoms with Crippen molar-refractivity contribution in [3.8, 4) is 0 Å². The van der Waals surface area contributed by atoms with Crippen molar-refractivity contribution in [1.29, 1.82) is 0 Å². The average Bonchev–Trinajstić information content (AvgIpc) is 2.22. The molecule has 0 atom stereocenters. The maximum Gasteiger partial charge on any atom is 0.471 e. The molecular weight excluding hydrogens is 241 g/mol. The maximum absolute atomic E-state index is 12.0. The van der Waals surface area contributed by atoms with E-state index in [2.05, 4.69) is 0 Å². The van der Waals surface area contributed by atoms with Gasteiger partial charge in [0.2, 0.25) is 0 Å². The number of halogens is 3. The monoisotopic (exact) mass is 257 g/mol. The zero-order valence-corrected chi connectivity index (χ0v) is 9.67. The summed E-state index contributed by atoms with van der Waals surface area (Å²) >= 11 is 0. The van der Waals surface area contributed by atoms with Gasteiger partial charge >= 0.3 is 18.1 Å². The second-order valence-corrected chi connectivity index (χ2v) is 3.69. The highest BCUT2D eigenvalue weighted by molar-refractivity contribution is 5.81. The van der Waals surface area contributed by atoms with Gasteiger partial charge in [-0.15, -0.1) is 0 Å². The number of aliphatic carboxylic acids is 1. The number of hydrogen-bond donors (Lipinski definition) is 2. The van der Waals surface area contributed by atoms with Gasteiger partial charge in [-0.3, -0.25) is 9.28 Å². The Morgan fingerprint density at radius 3 is 2.00 bits per heavy atom. The SMILES string of the molecule is CC[N+](CC)(CNC(=O)C(F)(F)F)CC(=O)O. The van der Waals surface area contributed by atoms with E-state index in [1.807, 2.05) is 0 Å². The largest absolute Gasteiger partial charge is 0.477 e. The maximum atomic E-state index is 12.0. The predicted octanol–water partition coefficient (Wildman–Crippen LogP) is 0.564. The molecule has 5 nitrogen and oxygen atoms in total. The standard InChI is InChI=1S/C9H15F3N2O3/c1-3-14(4-2,5-7(15)16)6-13-8(17)9(10,11)12/h3-6H2,1-2H3,(H-,13,15,16,17)/p+1. The summed E-state index contributed by atoms with van der Waals surface area (Å²) in [6.45, 7) is 3.28. The van der Waals surface area contributed by atoms with E-state index in [0.29, 0.717) is 13.1 Å². The highest BCUT2D eigenvalue weighted by atomic mass is 19.4. The fourth-order valence-corrected chi connectivity index (χ4v) is 1.35. The lowest BCUT2D eigenvalue weighted by Gasteiger charge is -2.35. The van der Waals surface area contributed by atoms with Gasteiger partial charge in [-0.2, -0.15) is 13.2 Å². The van der Waals surface area contributed by atoms with Crippen molar-refractivity contribution >= 4 is 11.9 Å². The van der Waals surface area contributed by atoms with Gasteiger partial charge in [0.1, 0.15) is 0 Å². The molecule has 0 aliphatic carbocycles. The minimum Gasteiger partial charge on any atom is -0.477 e. The Hall–Kier alpha value is -1.31. The molecule has 0 spiro atoms. The van der Waals surface area contributed by atoms with Gasteiger partial charge in [0.25, 0.3) is 0 Å².